The van der Waals surface area contributed by atoms with Crippen LogP contribution in [0.25, 0.3) is 17.1 Å². The van der Waals surface area contributed by atoms with Gasteiger partial charge in [-0.1, -0.05) is 18.2 Å². The molecule has 0 aliphatic heterocycles. The normalized spacial score (nSPS) is 12.0. The molecule has 7 heteroatoms. The van der Waals surface area contributed by atoms with Crippen LogP contribution in [0.5, 0.6) is 0 Å². The molecule has 0 aliphatic rings. The second kappa shape index (κ2) is 8.89. The van der Waals surface area contributed by atoms with Gasteiger partial charge in [0.05, 0.1) is 6.54 Å². The number of quaternary nitrogens is 1. The smallest absolute Gasteiger partial charge is 0.207 e. The van der Waals surface area contributed by atoms with Crippen LogP contribution in [0.3, 0.4) is 0 Å². The van der Waals surface area contributed by atoms with Gasteiger partial charge < -0.3 is 4.90 Å². The number of aromatic nitrogens is 5. The van der Waals surface area contributed by atoms with Gasteiger partial charge >= 0.3 is 0 Å². The lowest BCUT2D eigenvalue weighted by Gasteiger charge is -2.17. The molecule has 0 amide bonds. The van der Waals surface area contributed by atoms with Crippen molar-refractivity contribution < 1.29 is 4.90 Å². The van der Waals surface area contributed by atoms with E-state index in [9.17, 15) is 0 Å². The molecule has 1 unspecified atom stereocenters. The largest absolute Gasteiger partial charge is 0.313 e. The van der Waals surface area contributed by atoms with Gasteiger partial charge in [0.2, 0.25) is 4.77 Å². The van der Waals surface area contributed by atoms with Crippen LogP contribution >= 0.6 is 12.2 Å². The Morgan fingerprint density at radius 1 is 0.897 bits per heavy atom. The zero-order chi connectivity index (χ0) is 20.1. The van der Waals surface area contributed by atoms with Gasteiger partial charge in [-0.05, 0) is 55.5 Å². The molecular weight excluding hydrogens is 380 g/mol. The molecule has 3 aromatic heterocycles. The van der Waals surface area contributed by atoms with E-state index in [4.69, 9.17) is 17.3 Å². The van der Waals surface area contributed by atoms with Crippen LogP contribution in [0, 0.1) is 4.77 Å². The van der Waals surface area contributed by atoms with Crippen LogP contribution in [0.1, 0.15) is 12.5 Å². The van der Waals surface area contributed by atoms with Gasteiger partial charge in [0.15, 0.2) is 12.5 Å². The van der Waals surface area contributed by atoms with E-state index in [1.807, 2.05) is 64.1 Å². The molecule has 1 atom stereocenters. The molecule has 0 radical (unpaired) electrons. The van der Waals surface area contributed by atoms with Crippen molar-refractivity contribution in [3.63, 3.8) is 0 Å². The summed E-state index contributed by atoms with van der Waals surface area (Å²) in [6, 6.07) is 18.2. The second-order valence-electron chi connectivity index (χ2n) is 6.81. The van der Waals surface area contributed by atoms with E-state index in [1.165, 1.54) is 10.5 Å². The molecule has 0 spiro atoms. The summed E-state index contributed by atoms with van der Waals surface area (Å²) in [5.74, 6) is 0.822. The third-order valence-corrected chi connectivity index (χ3v) is 5.26. The number of para-hydroxylation sites is 1. The molecule has 0 saturated carbocycles. The first kappa shape index (κ1) is 19.2. The van der Waals surface area contributed by atoms with Crippen molar-refractivity contribution in [1.29, 1.82) is 0 Å². The van der Waals surface area contributed by atoms with Gasteiger partial charge in [-0.3, -0.25) is 14.5 Å². The van der Waals surface area contributed by atoms with Crippen molar-refractivity contribution in [2.24, 2.45) is 0 Å². The van der Waals surface area contributed by atoms with Gasteiger partial charge in [0.1, 0.15) is 6.54 Å². The number of nitrogens with one attached hydrogen (secondary N) is 1. The minimum absolute atomic E-state index is 0.684. The van der Waals surface area contributed by atoms with E-state index < -0.39 is 0 Å². The monoisotopic (exact) mass is 403 g/mol. The zero-order valence-electron chi connectivity index (χ0n) is 16.3. The van der Waals surface area contributed by atoms with E-state index in [0.29, 0.717) is 11.4 Å². The number of hydrogen-bond donors (Lipinski definition) is 1. The SMILES string of the molecule is CC[NH+](Cc1ccncc1)Cn1nc(-c2ccncc2)n(-c2ccccc2)c1=S. The summed E-state index contributed by atoms with van der Waals surface area (Å²) < 4.78 is 4.64. The highest BCUT2D eigenvalue weighted by atomic mass is 32.1. The number of rotatable bonds is 7. The molecular formula is C22H23N6S+. The summed E-state index contributed by atoms with van der Waals surface area (Å²) in [5, 5.41) is 4.90. The maximum atomic E-state index is 5.85. The Hall–Kier alpha value is -3.16. The van der Waals surface area contributed by atoms with Gasteiger partial charge in [0, 0.05) is 41.6 Å². The predicted octanol–water partition coefficient (Wildman–Crippen LogP) is 2.92. The summed E-state index contributed by atoms with van der Waals surface area (Å²) in [6.45, 7) is 4.73. The molecule has 0 fully saturated rings. The van der Waals surface area contributed by atoms with Crippen LogP contribution in [-0.2, 0) is 13.2 Å². The second-order valence-corrected chi connectivity index (χ2v) is 7.17. The maximum absolute atomic E-state index is 5.85. The maximum Gasteiger partial charge on any atom is 0.207 e. The minimum atomic E-state index is 0.684. The first-order valence-electron chi connectivity index (χ1n) is 9.64. The van der Waals surface area contributed by atoms with Gasteiger partial charge in [-0.25, -0.2) is 0 Å². The average molecular weight is 404 g/mol. The van der Waals surface area contributed by atoms with E-state index in [0.717, 1.165) is 30.2 Å². The Morgan fingerprint density at radius 3 is 2.21 bits per heavy atom. The molecule has 0 saturated heterocycles. The zero-order valence-corrected chi connectivity index (χ0v) is 17.1. The van der Waals surface area contributed by atoms with Crippen molar-refractivity contribution in [3.8, 4) is 17.1 Å². The molecule has 1 N–H and O–H groups in total. The van der Waals surface area contributed by atoms with Crippen LogP contribution < -0.4 is 4.90 Å². The molecule has 0 aliphatic carbocycles. The molecule has 4 rings (SSSR count). The first-order chi connectivity index (χ1) is 14.3. The van der Waals surface area contributed by atoms with E-state index >= 15 is 0 Å². The number of hydrogen-bond acceptors (Lipinski definition) is 4. The van der Waals surface area contributed by atoms with Crippen molar-refractivity contribution >= 4 is 12.2 Å². The fourth-order valence-electron chi connectivity index (χ4n) is 3.30. The number of pyridine rings is 2. The van der Waals surface area contributed by atoms with Crippen LogP contribution in [-0.4, -0.2) is 30.9 Å². The molecule has 3 heterocycles. The summed E-state index contributed by atoms with van der Waals surface area (Å²) in [6.07, 6.45) is 7.22. The molecule has 1 aromatic carbocycles. The van der Waals surface area contributed by atoms with Crippen LogP contribution in [0.2, 0.25) is 0 Å². The van der Waals surface area contributed by atoms with Gasteiger partial charge in [0.25, 0.3) is 0 Å². The average Bonchev–Trinajstić information content (AvgIpc) is 3.11. The molecule has 146 valence electrons. The number of benzene rings is 1. The fraction of sp³-hybridized carbons (Fsp3) is 0.182. The fourth-order valence-corrected chi connectivity index (χ4v) is 3.60. The van der Waals surface area contributed by atoms with Crippen molar-refractivity contribution in [2.75, 3.05) is 6.54 Å². The van der Waals surface area contributed by atoms with Crippen LogP contribution in [0.15, 0.2) is 79.4 Å². The Kier molecular flexibility index (Phi) is 5.88. The van der Waals surface area contributed by atoms with E-state index in [2.05, 4.69) is 29.0 Å². The Labute approximate surface area is 175 Å². The van der Waals surface area contributed by atoms with Crippen LogP contribution in [0.4, 0.5) is 0 Å². The van der Waals surface area contributed by atoms with Gasteiger partial charge in [-0.15, -0.1) is 5.10 Å². The lowest BCUT2D eigenvalue weighted by molar-refractivity contribution is -0.935. The molecule has 29 heavy (non-hydrogen) atoms. The summed E-state index contributed by atoms with van der Waals surface area (Å²) in [4.78, 5) is 9.61. The van der Waals surface area contributed by atoms with E-state index in [1.54, 1.807) is 12.4 Å². The van der Waals surface area contributed by atoms with Gasteiger partial charge in [-0.2, -0.15) is 4.68 Å². The highest BCUT2D eigenvalue weighted by Crippen LogP contribution is 2.21. The highest BCUT2D eigenvalue weighted by Gasteiger charge is 2.17. The van der Waals surface area contributed by atoms with Crippen molar-refractivity contribution in [1.82, 2.24) is 24.3 Å². The van der Waals surface area contributed by atoms with Crippen molar-refractivity contribution in [3.05, 3.63) is 89.7 Å². The Balaban J connectivity index is 1.72. The topological polar surface area (TPSA) is 53.0 Å². The molecule has 4 aromatic rings. The number of nitrogens with zero attached hydrogens (tertiary/aromatic N) is 5. The summed E-state index contributed by atoms with van der Waals surface area (Å²) >= 11 is 5.85. The Bertz CT molecular complexity index is 1110. The minimum Gasteiger partial charge on any atom is -0.313 e. The predicted molar refractivity (Wildman–Crippen MR) is 115 cm³/mol. The summed E-state index contributed by atoms with van der Waals surface area (Å²) in [7, 11) is 0. The third kappa shape index (κ3) is 4.31. The summed E-state index contributed by atoms with van der Waals surface area (Å²) in [5.41, 5.74) is 3.24. The first-order valence-corrected chi connectivity index (χ1v) is 10.0. The van der Waals surface area contributed by atoms with Crippen molar-refractivity contribution in [2.45, 2.75) is 20.1 Å². The lowest BCUT2D eigenvalue weighted by atomic mass is 10.2. The quantitative estimate of drug-likeness (QED) is 0.482. The lowest BCUT2D eigenvalue weighted by Crippen LogP contribution is -3.09. The molecule has 0 bridgehead atoms. The van der Waals surface area contributed by atoms with E-state index in [-0.39, 0.29) is 0 Å². The molecule has 6 nitrogen and oxygen atoms in total. The Morgan fingerprint density at radius 2 is 1.55 bits per heavy atom. The standard InChI is InChI=1S/C22H22N6S/c1-2-26(16-18-8-12-23-13-9-18)17-27-22(29)28(20-6-4-3-5-7-20)21(25-27)19-10-14-24-15-11-19/h3-15H,2,16-17H2,1H3/p+1. The third-order valence-electron chi connectivity index (χ3n) is 4.87. The highest BCUT2D eigenvalue weighted by molar-refractivity contribution is 7.71.